The summed E-state index contributed by atoms with van der Waals surface area (Å²) < 4.78 is 0. The number of rotatable bonds is 2. The van der Waals surface area contributed by atoms with Crippen LogP contribution in [0.2, 0.25) is 0 Å². The molecule has 0 aromatic heterocycles. The van der Waals surface area contributed by atoms with Gasteiger partial charge in [0.25, 0.3) is 0 Å². The Bertz CT molecular complexity index is 148. The van der Waals surface area contributed by atoms with Gasteiger partial charge in [-0.2, -0.15) is 0 Å². The molecule has 0 rings (SSSR count). The Morgan fingerprint density at radius 2 is 1.75 bits per heavy atom. The van der Waals surface area contributed by atoms with Crippen LogP contribution < -0.4 is 5.73 Å². The van der Waals surface area contributed by atoms with E-state index in [0.29, 0.717) is 5.57 Å². The van der Waals surface area contributed by atoms with E-state index >= 15 is 0 Å². The van der Waals surface area contributed by atoms with Gasteiger partial charge in [0, 0.05) is 5.57 Å². The second-order valence-corrected chi connectivity index (χ2v) is 3.00. The minimum Gasteiger partial charge on any atom is -0.366 e. The topological polar surface area (TPSA) is 46.3 Å². The van der Waals surface area contributed by atoms with E-state index in [1.807, 2.05) is 39.0 Å². The van der Waals surface area contributed by atoms with Crippen molar-refractivity contribution in [2.24, 2.45) is 5.73 Å². The molecule has 0 aromatic rings. The summed E-state index contributed by atoms with van der Waals surface area (Å²) in [5.74, 6) is -0.327. The van der Waals surface area contributed by atoms with Crippen LogP contribution in [0.15, 0.2) is 11.6 Å². The minimum atomic E-state index is -0.327. The molecule has 0 aliphatic rings. The summed E-state index contributed by atoms with van der Waals surface area (Å²) in [7, 11) is 6.00. The second kappa shape index (κ2) is 8.27. The third kappa shape index (κ3) is 16.1. The molecule has 0 aliphatic heterocycles. The van der Waals surface area contributed by atoms with E-state index in [-0.39, 0.29) is 5.91 Å². The molecule has 0 fully saturated rings. The molecule has 0 atom stereocenters. The van der Waals surface area contributed by atoms with E-state index in [0.717, 1.165) is 6.42 Å². The molecule has 0 aliphatic carbocycles. The number of carbonyl (C=O) groups is 1. The van der Waals surface area contributed by atoms with Gasteiger partial charge in [0.1, 0.15) is 0 Å². The number of hydrogen-bond donors (Lipinski definition) is 1. The zero-order chi connectivity index (χ0) is 10.1. The summed E-state index contributed by atoms with van der Waals surface area (Å²) in [5, 5.41) is 0. The molecule has 72 valence electrons. The number of amides is 1. The van der Waals surface area contributed by atoms with E-state index in [1.54, 1.807) is 6.92 Å². The largest absolute Gasteiger partial charge is 0.366 e. The van der Waals surface area contributed by atoms with Gasteiger partial charge in [-0.05, 0) is 34.5 Å². The third-order valence-electron chi connectivity index (χ3n) is 0.899. The van der Waals surface area contributed by atoms with E-state index in [1.165, 1.54) is 0 Å². The van der Waals surface area contributed by atoms with Gasteiger partial charge in [-0.25, -0.2) is 0 Å². The summed E-state index contributed by atoms with van der Waals surface area (Å²) in [6.07, 6.45) is 2.68. The first-order chi connectivity index (χ1) is 5.41. The van der Waals surface area contributed by atoms with Crippen molar-refractivity contribution in [1.29, 1.82) is 0 Å². The molecule has 12 heavy (non-hydrogen) atoms. The van der Waals surface area contributed by atoms with Gasteiger partial charge in [0.05, 0.1) is 0 Å². The number of primary amides is 1. The maximum absolute atomic E-state index is 10.2. The highest BCUT2D eigenvalue weighted by Crippen LogP contribution is 1.91. The van der Waals surface area contributed by atoms with Crippen molar-refractivity contribution in [2.75, 3.05) is 21.1 Å². The van der Waals surface area contributed by atoms with Crippen molar-refractivity contribution in [2.45, 2.75) is 20.3 Å². The van der Waals surface area contributed by atoms with Crippen LogP contribution >= 0.6 is 0 Å². The van der Waals surface area contributed by atoms with Crippen LogP contribution in [0, 0.1) is 0 Å². The van der Waals surface area contributed by atoms with Crippen LogP contribution in [-0.4, -0.2) is 32.0 Å². The van der Waals surface area contributed by atoms with Crippen molar-refractivity contribution in [3.05, 3.63) is 11.6 Å². The fourth-order valence-corrected chi connectivity index (χ4v) is 0.407. The van der Waals surface area contributed by atoms with E-state index < -0.39 is 0 Å². The predicted octanol–water partition coefficient (Wildman–Crippen LogP) is 1.01. The van der Waals surface area contributed by atoms with Crippen LogP contribution in [0.5, 0.6) is 0 Å². The average molecular weight is 172 g/mol. The second-order valence-electron chi connectivity index (χ2n) is 3.00. The smallest absolute Gasteiger partial charge is 0.244 e. The van der Waals surface area contributed by atoms with Crippen LogP contribution in [-0.2, 0) is 4.79 Å². The molecular formula is C9H20N2O. The Balaban J connectivity index is 0. The molecule has 0 unspecified atom stereocenters. The van der Waals surface area contributed by atoms with Gasteiger partial charge >= 0.3 is 0 Å². The lowest BCUT2D eigenvalue weighted by molar-refractivity contribution is -0.114. The van der Waals surface area contributed by atoms with E-state index in [9.17, 15) is 4.79 Å². The predicted molar refractivity (Wildman–Crippen MR) is 52.9 cm³/mol. The average Bonchev–Trinajstić information content (AvgIpc) is 1.86. The molecule has 0 aromatic carbocycles. The van der Waals surface area contributed by atoms with Gasteiger partial charge < -0.3 is 10.6 Å². The maximum atomic E-state index is 10.2. The summed E-state index contributed by atoms with van der Waals surface area (Å²) in [4.78, 5) is 12.2. The molecule has 2 N–H and O–H groups in total. The van der Waals surface area contributed by atoms with E-state index in [4.69, 9.17) is 5.73 Å². The fraction of sp³-hybridized carbons (Fsp3) is 0.667. The number of carbonyl (C=O) groups excluding carboxylic acids is 1. The Morgan fingerprint density at radius 3 is 1.83 bits per heavy atom. The Labute approximate surface area is 75.2 Å². The molecule has 0 saturated carbocycles. The van der Waals surface area contributed by atoms with Crippen LogP contribution in [0.1, 0.15) is 20.3 Å². The number of nitrogens with two attached hydrogens (primary N) is 1. The first-order valence-electron chi connectivity index (χ1n) is 3.99. The van der Waals surface area contributed by atoms with Crippen molar-refractivity contribution in [3.63, 3.8) is 0 Å². The Kier molecular flexibility index (Phi) is 9.47. The number of nitrogens with zero attached hydrogens (tertiary/aromatic N) is 1. The zero-order valence-electron chi connectivity index (χ0n) is 8.72. The Hall–Kier alpha value is -0.830. The third-order valence-corrected chi connectivity index (χ3v) is 0.899. The van der Waals surface area contributed by atoms with Crippen molar-refractivity contribution >= 4 is 5.91 Å². The van der Waals surface area contributed by atoms with Gasteiger partial charge in [-0.1, -0.05) is 13.0 Å². The molecule has 3 heteroatoms. The van der Waals surface area contributed by atoms with Gasteiger partial charge in [-0.15, -0.1) is 0 Å². The first-order valence-corrected chi connectivity index (χ1v) is 3.99. The van der Waals surface area contributed by atoms with Crippen molar-refractivity contribution in [1.82, 2.24) is 4.90 Å². The molecule has 0 heterocycles. The number of allylic oxidation sites excluding steroid dienone is 1. The normalized spacial score (nSPS) is 10.7. The van der Waals surface area contributed by atoms with Gasteiger partial charge in [-0.3, -0.25) is 4.79 Å². The maximum Gasteiger partial charge on any atom is 0.244 e. The number of hydrogen-bond acceptors (Lipinski definition) is 2. The molecule has 0 saturated heterocycles. The van der Waals surface area contributed by atoms with Crippen molar-refractivity contribution in [3.8, 4) is 0 Å². The summed E-state index contributed by atoms with van der Waals surface area (Å²) in [6, 6.07) is 0. The Morgan fingerprint density at radius 1 is 1.42 bits per heavy atom. The van der Waals surface area contributed by atoms with Crippen LogP contribution in [0.25, 0.3) is 0 Å². The lowest BCUT2D eigenvalue weighted by Crippen LogP contribution is -2.11. The molecule has 1 amide bonds. The highest BCUT2D eigenvalue weighted by Gasteiger charge is 1.91. The minimum absolute atomic E-state index is 0.327. The van der Waals surface area contributed by atoms with Crippen LogP contribution in [0.4, 0.5) is 0 Å². The zero-order valence-corrected chi connectivity index (χ0v) is 8.72. The lowest BCUT2D eigenvalue weighted by Gasteiger charge is -1.90. The van der Waals surface area contributed by atoms with Crippen LogP contribution in [0.3, 0.4) is 0 Å². The molecular weight excluding hydrogens is 152 g/mol. The van der Waals surface area contributed by atoms with E-state index in [2.05, 4.69) is 0 Å². The summed E-state index contributed by atoms with van der Waals surface area (Å²) in [6.45, 7) is 3.68. The van der Waals surface area contributed by atoms with Gasteiger partial charge in [0.2, 0.25) is 5.91 Å². The highest BCUT2D eigenvalue weighted by atomic mass is 16.1. The monoisotopic (exact) mass is 172 g/mol. The molecule has 3 nitrogen and oxygen atoms in total. The fourth-order valence-electron chi connectivity index (χ4n) is 0.407. The SMILES string of the molecule is CCC=C(C)C(N)=O.CN(C)C. The standard InChI is InChI=1S/C6H11NO.C3H9N/c1-3-4-5(2)6(7)8;1-4(2)3/h4H,3H2,1-2H3,(H2,7,8);1-3H3. The summed E-state index contributed by atoms with van der Waals surface area (Å²) in [5.41, 5.74) is 5.56. The molecule has 0 bridgehead atoms. The van der Waals surface area contributed by atoms with Crippen molar-refractivity contribution < 1.29 is 4.79 Å². The lowest BCUT2D eigenvalue weighted by atomic mass is 10.2. The highest BCUT2D eigenvalue weighted by molar-refractivity contribution is 5.91. The molecule has 0 spiro atoms. The quantitative estimate of drug-likeness (QED) is 0.632. The van der Waals surface area contributed by atoms with Gasteiger partial charge in [0.15, 0.2) is 0 Å². The summed E-state index contributed by atoms with van der Waals surface area (Å²) >= 11 is 0. The molecule has 0 radical (unpaired) electrons. The first kappa shape index (κ1) is 13.7.